The van der Waals surface area contributed by atoms with Crippen molar-refractivity contribution in [1.29, 1.82) is 5.26 Å². The van der Waals surface area contributed by atoms with Crippen LogP contribution in [-0.2, 0) is 12.0 Å². The molecule has 2 rings (SSSR count). The van der Waals surface area contributed by atoms with Gasteiger partial charge in [0, 0.05) is 5.56 Å². The van der Waals surface area contributed by atoms with Crippen molar-refractivity contribution in [2.24, 2.45) is 0 Å². The van der Waals surface area contributed by atoms with Crippen molar-refractivity contribution in [3.63, 3.8) is 0 Å². The number of nitriles is 1. The van der Waals surface area contributed by atoms with E-state index >= 15 is 0 Å². The van der Waals surface area contributed by atoms with E-state index in [-0.39, 0.29) is 0 Å². The van der Waals surface area contributed by atoms with Crippen LogP contribution >= 0.6 is 0 Å². The highest BCUT2D eigenvalue weighted by atomic mass is 16.5. The fourth-order valence-corrected chi connectivity index (χ4v) is 2.76. The number of rotatable bonds is 8. The second-order valence-corrected chi connectivity index (χ2v) is 5.44. The molecule has 116 valence electrons. The van der Waals surface area contributed by atoms with Gasteiger partial charge in [-0.2, -0.15) is 10.4 Å². The third-order valence-corrected chi connectivity index (χ3v) is 3.94. The topological polar surface area (TPSA) is 63.7 Å². The molecule has 1 unspecified atom stereocenters. The highest BCUT2D eigenvalue weighted by Gasteiger charge is 2.35. The van der Waals surface area contributed by atoms with Gasteiger partial charge in [-0.3, -0.25) is 4.68 Å². The lowest BCUT2D eigenvalue weighted by Crippen LogP contribution is -2.31. The average molecular weight is 298 g/mol. The Labute approximate surface area is 131 Å². The molecule has 0 spiro atoms. The summed E-state index contributed by atoms with van der Waals surface area (Å²) in [7, 11) is 1.64. The van der Waals surface area contributed by atoms with Crippen LogP contribution < -0.4 is 4.74 Å². The Kier molecular flexibility index (Phi) is 5.54. The highest BCUT2D eigenvalue weighted by molar-refractivity contribution is 5.43. The number of aromatic nitrogens is 3. The maximum Gasteiger partial charge on any atom is 0.137 e. The molecule has 1 heterocycles. The van der Waals surface area contributed by atoms with Gasteiger partial charge in [0.15, 0.2) is 0 Å². The van der Waals surface area contributed by atoms with Crippen LogP contribution in [0.3, 0.4) is 0 Å². The van der Waals surface area contributed by atoms with Crippen molar-refractivity contribution in [2.75, 3.05) is 7.11 Å². The third-order valence-electron chi connectivity index (χ3n) is 3.94. The van der Waals surface area contributed by atoms with Crippen LogP contribution in [-0.4, -0.2) is 21.9 Å². The first kappa shape index (κ1) is 16.0. The summed E-state index contributed by atoms with van der Waals surface area (Å²) in [5, 5.41) is 14.2. The molecule has 0 aliphatic heterocycles. The van der Waals surface area contributed by atoms with Gasteiger partial charge in [-0.25, -0.2) is 4.98 Å². The molecule has 1 atom stereocenters. The molecule has 0 bridgehead atoms. The Morgan fingerprint density at radius 3 is 2.77 bits per heavy atom. The normalized spacial score (nSPS) is 13.3. The summed E-state index contributed by atoms with van der Waals surface area (Å²) in [4.78, 5) is 3.98. The lowest BCUT2D eigenvalue weighted by atomic mass is 9.77. The van der Waals surface area contributed by atoms with Gasteiger partial charge in [-0.15, -0.1) is 0 Å². The molecule has 2 aromatic rings. The molecule has 5 nitrogen and oxygen atoms in total. The third kappa shape index (κ3) is 3.45. The van der Waals surface area contributed by atoms with Gasteiger partial charge < -0.3 is 4.74 Å². The summed E-state index contributed by atoms with van der Waals surface area (Å²) in [5.41, 5.74) is 0.266. The smallest absolute Gasteiger partial charge is 0.137 e. The minimum absolute atomic E-state index is 0.480. The zero-order valence-corrected chi connectivity index (χ0v) is 13.2. The Morgan fingerprint density at radius 2 is 2.14 bits per heavy atom. The van der Waals surface area contributed by atoms with E-state index in [1.165, 1.54) is 6.33 Å². The maximum atomic E-state index is 9.98. The summed E-state index contributed by atoms with van der Waals surface area (Å²) >= 11 is 0. The van der Waals surface area contributed by atoms with E-state index < -0.39 is 5.41 Å². The monoisotopic (exact) mass is 298 g/mol. The van der Waals surface area contributed by atoms with Crippen LogP contribution in [0, 0.1) is 11.3 Å². The Morgan fingerprint density at radius 1 is 1.32 bits per heavy atom. The minimum atomic E-state index is -0.657. The van der Waals surface area contributed by atoms with Gasteiger partial charge in [-0.1, -0.05) is 44.4 Å². The second-order valence-electron chi connectivity index (χ2n) is 5.44. The molecule has 1 aromatic carbocycles. The van der Waals surface area contributed by atoms with Crippen molar-refractivity contribution in [1.82, 2.24) is 14.8 Å². The molecular weight excluding hydrogens is 276 g/mol. The van der Waals surface area contributed by atoms with Crippen LogP contribution in [0.15, 0.2) is 36.9 Å². The van der Waals surface area contributed by atoms with E-state index in [0.717, 1.165) is 37.0 Å². The molecule has 0 saturated heterocycles. The number of hydrogen-bond acceptors (Lipinski definition) is 4. The molecule has 1 aromatic heterocycles. The number of nitrogens with zero attached hydrogens (tertiary/aromatic N) is 4. The first-order chi connectivity index (χ1) is 10.8. The van der Waals surface area contributed by atoms with Gasteiger partial charge in [0.2, 0.25) is 0 Å². The molecule has 0 radical (unpaired) electrons. The van der Waals surface area contributed by atoms with Crippen molar-refractivity contribution in [3.05, 3.63) is 42.5 Å². The standard InChI is InChI=1S/C17H22N4O/c1-3-4-7-10-17(11-18,12-21-14-19-13-20-21)15-8-5-6-9-16(15)22-2/h5-6,8-9,13-14H,3-4,7,10,12H2,1-2H3. The van der Waals surface area contributed by atoms with E-state index in [1.54, 1.807) is 18.1 Å². The molecule has 0 saturated carbocycles. The molecule has 0 amide bonds. The molecule has 0 N–H and O–H groups in total. The van der Waals surface area contributed by atoms with Crippen molar-refractivity contribution < 1.29 is 4.74 Å². The van der Waals surface area contributed by atoms with E-state index in [0.29, 0.717) is 6.54 Å². The summed E-state index contributed by atoms with van der Waals surface area (Å²) in [5.74, 6) is 0.751. The van der Waals surface area contributed by atoms with Crippen LogP contribution in [0.25, 0.3) is 0 Å². The lowest BCUT2D eigenvalue weighted by Gasteiger charge is -2.28. The number of hydrogen-bond donors (Lipinski definition) is 0. The fourth-order valence-electron chi connectivity index (χ4n) is 2.76. The van der Waals surface area contributed by atoms with Crippen molar-refractivity contribution >= 4 is 0 Å². The van der Waals surface area contributed by atoms with Gasteiger partial charge in [0.05, 0.1) is 19.7 Å². The average Bonchev–Trinajstić information content (AvgIpc) is 3.07. The highest BCUT2D eigenvalue weighted by Crippen LogP contribution is 2.37. The maximum absolute atomic E-state index is 9.98. The van der Waals surface area contributed by atoms with Crippen LogP contribution in [0.4, 0.5) is 0 Å². The van der Waals surface area contributed by atoms with Crippen molar-refractivity contribution in [2.45, 2.75) is 44.6 Å². The Balaban J connectivity index is 2.40. The van der Waals surface area contributed by atoms with Crippen LogP contribution in [0.5, 0.6) is 5.75 Å². The minimum Gasteiger partial charge on any atom is -0.496 e. The number of unbranched alkanes of at least 4 members (excludes halogenated alkanes) is 2. The summed E-state index contributed by atoms with van der Waals surface area (Å²) < 4.78 is 7.21. The van der Waals surface area contributed by atoms with Crippen molar-refractivity contribution in [3.8, 4) is 11.8 Å². The van der Waals surface area contributed by atoms with Gasteiger partial charge in [-0.05, 0) is 12.5 Å². The zero-order chi connectivity index (χ0) is 15.8. The lowest BCUT2D eigenvalue weighted by molar-refractivity contribution is 0.355. The first-order valence-electron chi connectivity index (χ1n) is 7.63. The van der Waals surface area contributed by atoms with Gasteiger partial charge >= 0.3 is 0 Å². The predicted molar refractivity (Wildman–Crippen MR) is 84.4 cm³/mol. The largest absolute Gasteiger partial charge is 0.496 e. The Hall–Kier alpha value is -2.35. The van der Waals surface area contributed by atoms with E-state index in [9.17, 15) is 5.26 Å². The molecular formula is C17H22N4O. The quantitative estimate of drug-likeness (QED) is 0.701. The number of benzene rings is 1. The molecule has 0 aliphatic rings. The molecule has 22 heavy (non-hydrogen) atoms. The summed E-state index contributed by atoms with van der Waals surface area (Å²) in [6.07, 6.45) is 7.15. The van der Waals surface area contributed by atoms with Crippen LogP contribution in [0.2, 0.25) is 0 Å². The van der Waals surface area contributed by atoms with E-state index in [1.807, 2.05) is 24.3 Å². The summed E-state index contributed by atoms with van der Waals surface area (Å²) in [6, 6.07) is 10.3. The second kappa shape index (κ2) is 7.60. The van der Waals surface area contributed by atoms with Gasteiger partial charge in [0.1, 0.15) is 23.8 Å². The predicted octanol–water partition coefficient (Wildman–Crippen LogP) is 3.33. The summed E-state index contributed by atoms with van der Waals surface area (Å²) in [6.45, 7) is 2.64. The fraction of sp³-hybridized carbons (Fsp3) is 0.471. The SMILES string of the molecule is CCCCCC(C#N)(Cn1cncn1)c1ccccc1OC. The van der Waals surface area contributed by atoms with E-state index in [4.69, 9.17) is 4.74 Å². The number of ether oxygens (including phenoxy) is 1. The zero-order valence-electron chi connectivity index (χ0n) is 13.2. The van der Waals surface area contributed by atoms with Crippen LogP contribution in [0.1, 0.15) is 38.2 Å². The number of methoxy groups -OCH3 is 1. The molecule has 0 aliphatic carbocycles. The van der Waals surface area contributed by atoms with Gasteiger partial charge in [0.25, 0.3) is 0 Å². The Bertz CT molecular complexity index is 618. The first-order valence-corrected chi connectivity index (χ1v) is 7.63. The number of para-hydroxylation sites is 1. The molecule has 0 fully saturated rings. The van der Waals surface area contributed by atoms with E-state index in [2.05, 4.69) is 23.1 Å². The molecule has 5 heteroatoms.